The van der Waals surface area contributed by atoms with Crippen LogP contribution in [0.2, 0.25) is 0 Å². The molecular formula is C13H19NS4. The molecule has 0 aliphatic heterocycles. The first kappa shape index (κ1) is 16.2. The quantitative estimate of drug-likeness (QED) is 0.333. The summed E-state index contributed by atoms with van der Waals surface area (Å²) >= 11 is 12.6. The number of nitrogens with one attached hydrogen (secondary N) is 1. The fourth-order valence-electron chi connectivity index (χ4n) is 1.26. The standard InChI is InChI=1S/C13H19NS4/c1-3-10(2)18-12-6-4-11(5-7-12)17-9-8-14-13(15)16/h4-7,10H,3,8-9H2,1-2H3,(H2,14,15,16). The Morgan fingerprint density at radius 3 is 2.50 bits per heavy atom. The molecule has 1 aromatic carbocycles. The summed E-state index contributed by atoms with van der Waals surface area (Å²) in [6.45, 7) is 5.34. The Labute approximate surface area is 129 Å². The third-order valence-corrected chi connectivity index (χ3v) is 4.98. The summed E-state index contributed by atoms with van der Waals surface area (Å²) in [6, 6.07) is 8.79. The van der Waals surface area contributed by atoms with Gasteiger partial charge in [-0.15, -0.1) is 36.2 Å². The summed E-state index contributed by atoms with van der Waals surface area (Å²) in [5.74, 6) is 0.999. The predicted octanol–water partition coefficient (Wildman–Crippen LogP) is 4.47. The van der Waals surface area contributed by atoms with E-state index in [1.54, 1.807) is 0 Å². The van der Waals surface area contributed by atoms with Crippen molar-refractivity contribution in [1.82, 2.24) is 5.32 Å². The minimum Gasteiger partial charge on any atom is -0.370 e. The summed E-state index contributed by atoms with van der Waals surface area (Å²) < 4.78 is 0.566. The van der Waals surface area contributed by atoms with Crippen molar-refractivity contribution in [2.24, 2.45) is 0 Å². The van der Waals surface area contributed by atoms with Crippen molar-refractivity contribution in [3.63, 3.8) is 0 Å². The van der Waals surface area contributed by atoms with Gasteiger partial charge in [-0.25, -0.2) is 0 Å². The highest BCUT2D eigenvalue weighted by Crippen LogP contribution is 2.27. The second kappa shape index (κ2) is 9.13. The average Bonchev–Trinajstić information content (AvgIpc) is 2.36. The summed E-state index contributed by atoms with van der Waals surface area (Å²) in [6.07, 6.45) is 1.20. The van der Waals surface area contributed by atoms with Gasteiger partial charge in [0.05, 0.1) is 0 Å². The van der Waals surface area contributed by atoms with Gasteiger partial charge in [0.15, 0.2) is 0 Å². The number of thioether (sulfide) groups is 2. The molecule has 1 atom stereocenters. The van der Waals surface area contributed by atoms with Gasteiger partial charge in [-0.05, 0) is 30.7 Å². The highest BCUT2D eigenvalue weighted by Gasteiger charge is 2.01. The third-order valence-electron chi connectivity index (χ3n) is 2.38. The number of thiol groups is 1. The Hall–Kier alpha value is 0.160. The van der Waals surface area contributed by atoms with Crippen LogP contribution in [0.4, 0.5) is 0 Å². The van der Waals surface area contributed by atoms with Crippen LogP contribution in [-0.2, 0) is 0 Å². The zero-order valence-electron chi connectivity index (χ0n) is 10.7. The van der Waals surface area contributed by atoms with E-state index < -0.39 is 0 Å². The summed E-state index contributed by atoms with van der Waals surface area (Å²) in [5.41, 5.74) is 0. The molecule has 5 heteroatoms. The van der Waals surface area contributed by atoms with Crippen LogP contribution in [0.25, 0.3) is 0 Å². The number of thiocarbonyl (C=S) groups is 1. The summed E-state index contributed by atoms with van der Waals surface area (Å²) in [7, 11) is 0. The molecule has 0 spiro atoms. The first-order valence-electron chi connectivity index (χ1n) is 5.98. The molecule has 0 saturated carbocycles. The van der Waals surface area contributed by atoms with Crippen molar-refractivity contribution < 1.29 is 0 Å². The topological polar surface area (TPSA) is 12.0 Å². The van der Waals surface area contributed by atoms with E-state index in [0.29, 0.717) is 9.57 Å². The van der Waals surface area contributed by atoms with E-state index in [4.69, 9.17) is 12.2 Å². The lowest BCUT2D eigenvalue weighted by Crippen LogP contribution is -2.19. The Balaban J connectivity index is 2.33. The van der Waals surface area contributed by atoms with Gasteiger partial charge < -0.3 is 5.32 Å². The largest absolute Gasteiger partial charge is 0.370 e. The highest BCUT2D eigenvalue weighted by molar-refractivity contribution is 8.11. The van der Waals surface area contributed by atoms with Gasteiger partial charge in [-0.3, -0.25) is 0 Å². The van der Waals surface area contributed by atoms with Crippen molar-refractivity contribution in [2.75, 3.05) is 12.3 Å². The van der Waals surface area contributed by atoms with E-state index in [1.165, 1.54) is 16.2 Å². The highest BCUT2D eigenvalue weighted by atomic mass is 32.2. The van der Waals surface area contributed by atoms with Crippen molar-refractivity contribution in [2.45, 2.75) is 35.3 Å². The lowest BCUT2D eigenvalue weighted by molar-refractivity contribution is 0.905. The van der Waals surface area contributed by atoms with E-state index in [2.05, 4.69) is 56.1 Å². The van der Waals surface area contributed by atoms with Gasteiger partial charge in [0, 0.05) is 27.3 Å². The third kappa shape index (κ3) is 6.92. The molecule has 1 nitrogen and oxygen atoms in total. The molecule has 0 amide bonds. The minimum atomic E-state index is 0.566. The van der Waals surface area contributed by atoms with Gasteiger partial charge in [-0.1, -0.05) is 26.1 Å². The van der Waals surface area contributed by atoms with Crippen LogP contribution in [0.1, 0.15) is 20.3 Å². The lowest BCUT2D eigenvalue weighted by atomic mass is 10.4. The van der Waals surface area contributed by atoms with Crippen molar-refractivity contribution in [3.05, 3.63) is 24.3 Å². The molecular weight excluding hydrogens is 298 g/mol. The molecule has 0 aliphatic carbocycles. The lowest BCUT2D eigenvalue weighted by Gasteiger charge is -2.08. The Morgan fingerprint density at radius 2 is 1.94 bits per heavy atom. The maximum Gasteiger partial charge on any atom is 0.130 e. The smallest absolute Gasteiger partial charge is 0.130 e. The van der Waals surface area contributed by atoms with Crippen molar-refractivity contribution >= 4 is 52.7 Å². The van der Waals surface area contributed by atoms with Crippen molar-refractivity contribution in [1.29, 1.82) is 0 Å². The zero-order valence-corrected chi connectivity index (χ0v) is 14.0. The minimum absolute atomic E-state index is 0.566. The van der Waals surface area contributed by atoms with E-state index in [9.17, 15) is 0 Å². The van der Waals surface area contributed by atoms with Gasteiger partial charge in [0.1, 0.15) is 4.32 Å². The van der Waals surface area contributed by atoms with Crippen LogP contribution in [0.3, 0.4) is 0 Å². The molecule has 0 radical (unpaired) electrons. The van der Waals surface area contributed by atoms with Crippen LogP contribution in [-0.4, -0.2) is 21.9 Å². The van der Waals surface area contributed by atoms with Gasteiger partial charge in [0.2, 0.25) is 0 Å². The molecule has 0 heterocycles. The van der Waals surface area contributed by atoms with Gasteiger partial charge >= 0.3 is 0 Å². The first-order valence-corrected chi connectivity index (χ1v) is 8.70. The molecule has 1 rings (SSSR count). The average molecular weight is 318 g/mol. The van der Waals surface area contributed by atoms with E-state index in [1.807, 2.05) is 23.5 Å². The van der Waals surface area contributed by atoms with E-state index in [-0.39, 0.29) is 0 Å². The Bertz CT molecular complexity index is 364. The molecule has 1 aromatic rings. The van der Waals surface area contributed by atoms with Gasteiger partial charge in [0.25, 0.3) is 0 Å². The normalized spacial score (nSPS) is 12.2. The molecule has 100 valence electrons. The fourth-order valence-corrected chi connectivity index (χ4v) is 3.16. The number of benzene rings is 1. The van der Waals surface area contributed by atoms with Crippen LogP contribution in [0, 0.1) is 0 Å². The van der Waals surface area contributed by atoms with E-state index >= 15 is 0 Å². The molecule has 0 aromatic heterocycles. The van der Waals surface area contributed by atoms with Gasteiger partial charge in [-0.2, -0.15) is 0 Å². The molecule has 18 heavy (non-hydrogen) atoms. The van der Waals surface area contributed by atoms with Crippen LogP contribution >= 0.6 is 48.4 Å². The van der Waals surface area contributed by atoms with Crippen molar-refractivity contribution in [3.8, 4) is 0 Å². The predicted molar refractivity (Wildman–Crippen MR) is 92.4 cm³/mol. The number of rotatable bonds is 7. The SMILES string of the molecule is CCC(C)Sc1ccc(SCCNC(=S)S)cc1. The second-order valence-corrected chi connectivity index (χ2v) is 7.73. The molecule has 0 fully saturated rings. The van der Waals surface area contributed by atoms with Crippen LogP contribution in [0.5, 0.6) is 0 Å². The van der Waals surface area contributed by atoms with Crippen LogP contribution in [0.15, 0.2) is 34.1 Å². The first-order chi connectivity index (χ1) is 8.61. The van der Waals surface area contributed by atoms with Crippen LogP contribution < -0.4 is 5.32 Å². The van der Waals surface area contributed by atoms with E-state index in [0.717, 1.165) is 12.3 Å². The Morgan fingerprint density at radius 1 is 1.33 bits per heavy atom. The maximum atomic E-state index is 4.84. The number of hydrogen-bond donors (Lipinski definition) is 2. The molecule has 0 saturated heterocycles. The summed E-state index contributed by atoms with van der Waals surface area (Å²) in [4.78, 5) is 2.65. The fraction of sp³-hybridized carbons (Fsp3) is 0.462. The second-order valence-electron chi connectivity index (χ2n) is 3.89. The Kier molecular flexibility index (Phi) is 8.22. The number of hydrogen-bond acceptors (Lipinski definition) is 3. The summed E-state index contributed by atoms with van der Waals surface area (Å²) in [5, 5.41) is 3.72. The maximum absolute atomic E-state index is 4.84. The molecule has 1 N–H and O–H groups in total. The molecule has 0 aliphatic rings. The monoisotopic (exact) mass is 317 g/mol. The zero-order chi connectivity index (χ0) is 13.4. The molecule has 1 unspecified atom stereocenters. The molecule has 0 bridgehead atoms.